The second kappa shape index (κ2) is 7.48. The smallest absolute Gasteiger partial charge is 0.142 e. The van der Waals surface area contributed by atoms with Crippen LogP contribution >= 0.6 is 11.6 Å². The third kappa shape index (κ3) is 7.70. The molecule has 0 saturated carbocycles. The fourth-order valence-corrected chi connectivity index (χ4v) is 1.95. The van der Waals surface area contributed by atoms with Crippen molar-refractivity contribution < 1.29 is 9.47 Å². The molecular weight excluding hydrogens is 286 g/mol. The number of hydrogen-bond donors (Lipinski definition) is 1. The van der Waals surface area contributed by atoms with Crippen molar-refractivity contribution >= 4 is 11.6 Å². The summed E-state index contributed by atoms with van der Waals surface area (Å²) in [4.78, 5) is 0. The molecule has 0 aliphatic carbocycles. The first kappa shape index (κ1) is 18.3. The fourth-order valence-electron chi connectivity index (χ4n) is 1.71. The van der Waals surface area contributed by atoms with Crippen LogP contribution in [0.2, 0.25) is 5.02 Å². The summed E-state index contributed by atoms with van der Waals surface area (Å²) in [5.74, 6) is 0.744. The number of para-hydroxylation sites is 1. The third-order valence-corrected chi connectivity index (χ3v) is 3.02. The quantitative estimate of drug-likeness (QED) is 0.788. The molecule has 0 fully saturated rings. The first-order valence-electron chi connectivity index (χ1n) is 7.38. The van der Waals surface area contributed by atoms with Gasteiger partial charge in [-0.25, -0.2) is 0 Å². The van der Waals surface area contributed by atoms with Gasteiger partial charge in [-0.2, -0.15) is 0 Å². The second-order valence-electron chi connectivity index (χ2n) is 7.14. The van der Waals surface area contributed by atoms with Crippen molar-refractivity contribution in [1.82, 2.24) is 5.32 Å². The highest BCUT2D eigenvalue weighted by molar-refractivity contribution is 6.32. The van der Waals surface area contributed by atoms with Crippen molar-refractivity contribution in [3.05, 3.63) is 28.8 Å². The Morgan fingerprint density at radius 1 is 1.05 bits per heavy atom. The first-order valence-corrected chi connectivity index (χ1v) is 7.75. The van der Waals surface area contributed by atoms with Gasteiger partial charge in [0.15, 0.2) is 0 Å². The number of ether oxygens (including phenoxy) is 2. The molecule has 1 aromatic rings. The highest BCUT2D eigenvalue weighted by Gasteiger charge is 2.14. The molecule has 120 valence electrons. The topological polar surface area (TPSA) is 30.5 Å². The molecule has 1 N–H and O–H groups in total. The molecule has 0 aliphatic heterocycles. The van der Waals surface area contributed by atoms with Gasteiger partial charge in [0.05, 0.1) is 17.2 Å². The van der Waals surface area contributed by atoms with Crippen LogP contribution in [0.3, 0.4) is 0 Å². The van der Waals surface area contributed by atoms with E-state index in [2.05, 4.69) is 26.1 Å². The summed E-state index contributed by atoms with van der Waals surface area (Å²) < 4.78 is 11.5. The SMILES string of the molecule is CC(C)(C)NCc1cccc(Cl)c1OCCOC(C)(C)C. The van der Waals surface area contributed by atoms with Crippen LogP contribution < -0.4 is 10.1 Å². The van der Waals surface area contributed by atoms with E-state index in [1.165, 1.54) is 0 Å². The molecule has 1 aromatic carbocycles. The van der Waals surface area contributed by atoms with Crippen LogP contribution in [0.4, 0.5) is 0 Å². The Morgan fingerprint density at radius 3 is 2.29 bits per heavy atom. The Bertz CT molecular complexity index is 447. The van der Waals surface area contributed by atoms with Crippen molar-refractivity contribution in [2.75, 3.05) is 13.2 Å². The lowest BCUT2D eigenvalue weighted by Gasteiger charge is -2.23. The molecule has 0 bridgehead atoms. The number of halogens is 1. The molecule has 0 unspecified atom stereocenters. The molecule has 0 heterocycles. The van der Waals surface area contributed by atoms with Gasteiger partial charge in [-0.15, -0.1) is 0 Å². The number of benzene rings is 1. The number of rotatable bonds is 6. The van der Waals surface area contributed by atoms with Gasteiger partial charge in [0.25, 0.3) is 0 Å². The Morgan fingerprint density at radius 2 is 1.71 bits per heavy atom. The van der Waals surface area contributed by atoms with Crippen LogP contribution in [-0.2, 0) is 11.3 Å². The van der Waals surface area contributed by atoms with Gasteiger partial charge >= 0.3 is 0 Å². The van der Waals surface area contributed by atoms with Crippen LogP contribution in [0.15, 0.2) is 18.2 Å². The average Bonchev–Trinajstić information content (AvgIpc) is 2.31. The van der Waals surface area contributed by atoms with E-state index >= 15 is 0 Å². The Kier molecular flexibility index (Phi) is 6.51. The molecule has 0 aromatic heterocycles. The highest BCUT2D eigenvalue weighted by atomic mass is 35.5. The van der Waals surface area contributed by atoms with Crippen LogP contribution in [-0.4, -0.2) is 24.4 Å². The normalized spacial score (nSPS) is 12.5. The summed E-state index contributed by atoms with van der Waals surface area (Å²) >= 11 is 6.25. The van der Waals surface area contributed by atoms with Gasteiger partial charge in [-0.3, -0.25) is 0 Å². The molecule has 0 saturated heterocycles. The third-order valence-electron chi connectivity index (χ3n) is 2.72. The maximum Gasteiger partial charge on any atom is 0.142 e. The summed E-state index contributed by atoms with van der Waals surface area (Å²) in [6.45, 7) is 14.2. The van der Waals surface area contributed by atoms with Crippen LogP contribution in [0, 0.1) is 0 Å². The van der Waals surface area contributed by atoms with Crippen LogP contribution in [0.5, 0.6) is 5.75 Å². The monoisotopic (exact) mass is 313 g/mol. The molecule has 0 amide bonds. The first-order chi connectivity index (χ1) is 9.58. The van der Waals surface area contributed by atoms with E-state index < -0.39 is 0 Å². The van der Waals surface area contributed by atoms with Gasteiger partial charge < -0.3 is 14.8 Å². The predicted molar refractivity (Wildman–Crippen MR) is 89.2 cm³/mol. The maximum atomic E-state index is 6.25. The lowest BCUT2D eigenvalue weighted by Crippen LogP contribution is -2.35. The summed E-state index contributed by atoms with van der Waals surface area (Å²) in [6, 6.07) is 5.83. The summed E-state index contributed by atoms with van der Waals surface area (Å²) in [5.41, 5.74) is 0.961. The fraction of sp³-hybridized carbons (Fsp3) is 0.647. The van der Waals surface area contributed by atoms with E-state index in [9.17, 15) is 0 Å². The van der Waals surface area contributed by atoms with Crippen LogP contribution in [0.1, 0.15) is 47.1 Å². The number of nitrogens with one attached hydrogen (secondary N) is 1. The molecule has 0 radical (unpaired) electrons. The van der Waals surface area contributed by atoms with Gasteiger partial charge in [-0.1, -0.05) is 23.7 Å². The van der Waals surface area contributed by atoms with Gasteiger partial charge in [0.1, 0.15) is 12.4 Å². The van der Waals surface area contributed by atoms with Gasteiger partial charge in [0, 0.05) is 17.6 Å². The Balaban J connectivity index is 2.63. The zero-order valence-electron chi connectivity index (χ0n) is 14.0. The van der Waals surface area contributed by atoms with Gasteiger partial charge in [-0.05, 0) is 47.6 Å². The molecule has 0 spiro atoms. The zero-order valence-corrected chi connectivity index (χ0v) is 14.8. The standard InChI is InChI=1S/C17H28ClNO2/c1-16(2,3)19-12-13-8-7-9-14(18)15(13)20-10-11-21-17(4,5)6/h7-9,19H,10-12H2,1-6H3. The molecule has 3 nitrogen and oxygen atoms in total. The molecule has 4 heteroatoms. The van der Waals surface area contributed by atoms with E-state index in [0.29, 0.717) is 18.2 Å². The molecule has 0 aliphatic rings. The minimum Gasteiger partial charge on any atom is -0.489 e. The second-order valence-corrected chi connectivity index (χ2v) is 7.55. The summed E-state index contributed by atoms with van der Waals surface area (Å²) in [7, 11) is 0. The number of hydrogen-bond acceptors (Lipinski definition) is 3. The van der Waals surface area contributed by atoms with E-state index in [-0.39, 0.29) is 11.1 Å². The van der Waals surface area contributed by atoms with Crippen molar-refractivity contribution in [1.29, 1.82) is 0 Å². The minimum absolute atomic E-state index is 0.0505. The average molecular weight is 314 g/mol. The summed E-state index contributed by atoms with van der Waals surface area (Å²) in [5, 5.41) is 4.09. The lowest BCUT2D eigenvalue weighted by molar-refractivity contribution is -0.0164. The largest absolute Gasteiger partial charge is 0.489 e. The molecule has 21 heavy (non-hydrogen) atoms. The van der Waals surface area contributed by atoms with E-state index in [4.69, 9.17) is 21.1 Å². The van der Waals surface area contributed by atoms with Crippen molar-refractivity contribution in [2.24, 2.45) is 0 Å². The van der Waals surface area contributed by atoms with Crippen LogP contribution in [0.25, 0.3) is 0 Å². The highest BCUT2D eigenvalue weighted by Crippen LogP contribution is 2.29. The van der Waals surface area contributed by atoms with Crippen molar-refractivity contribution in [2.45, 2.75) is 59.2 Å². The zero-order chi connectivity index (χ0) is 16.1. The lowest BCUT2D eigenvalue weighted by atomic mass is 10.1. The van der Waals surface area contributed by atoms with E-state index in [1.54, 1.807) is 0 Å². The summed E-state index contributed by atoms with van der Waals surface area (Å²) in [6.07, 6.45) is 0. The van der Waals surface area contributed by atoms with Crippen molar-refractivity contribution in [3.63, 3.8) is 0 Å². The van der Waals surface area contributed by atoms with Crippen molar-refractivity contribution in [3.8, 4) is 5.75 Å². The van der Waals surface area contributed by atoms with Gasteiger partial charge in [0.2, 0.25) is 0 Å². The molecule has 1 rings (SSSR count). The Hall–Kier alpha value is -0.770. The maximum absolute atomic E-state index is 6.25. The van der Waals surface area contributed by atoms with E-state index in [1.807, 2.05) is 39.0 Å². The Labute approximate surface area is 134 Å². The molecule has 0 atom stereocenters. The molecular formula is C17H28ClNO2. The minimum atomic E-state index is -0.152. The van der Waals surface area contributed by atoms with E-state index in [0.717, 1.165) is 17.9 Å². The predicted octanol–water partition coefficient (Wildman–Crippen LogP) is 4.42.